The topological polar surface area (TPSA) is 73.3 Å². The lowest BCUT2D eigenvalue weighted by Gasteiger charge is -2.25. The molecule has 0 spiro atoms. The summed E-state index contributed by atoms with van der Waals surface area (Å²) in [5.41, 5.74) is 4.54. The SMILES string of the molecule is CCc1ccc(Nc2ncc3c(n2)C[C@H](c2ccc(OC)cc2OC)CC3=O)cc1. The highest BCUT2D eigenvalue weighted by Crippen LogP contribution is 2.38. The number of fused-ring (bicyclic) bond motifs is 1. The van der Waals surface area contributed by atoms with E-state index in [0.717, 1.165) is 34.9 Å². The van der Waals surface area contributed by atoms with Gasteiger partial charge in [0.1, 0.15) is 11.5 Å². The molecule has 4 rings (SSSR count). The number of benzene rings is 2. The minimum absolute atomic E-state index is 0.00237. The van der Waals surface area contributed by atoms with Crippen molar-refractivity contribution in [2.24, 2.45) is 0 Å². The highest BCUT2D eigenvalue weighted by Gasteiger charge is 2.30. The van der Waals surface area contributed by atoms with E-state index >= 15 is 0 Å². The molecule has 1 aliphatic rings. The molecule has 1 aromatic heterocycles. The quantitative estimate of drug-likeness (QED) is 0.642. The molecule has 0 unspecified atom stereocenters. The summed E-state index contributed by atoms with van der Waals surface area (Å²) in [7, 11) is 3.25. The fourth-order valence-corrected chi connectivity index (χ4v) is 3.83. The number of anilines is 2. The number of ketones is 1. The van der Waals surface area contributed by atoms with E-state index in [4.69, 9.17) is 9.47 Å². The fraction of sp³-hybridized carbons (Fsp3) is 0.292. The zero-order chi connectivity index (χ0) is 21.1. The minimum Gasteiger partial charge on any atom is -0.497 e. The Morgan fingerprint density at radius 2 is 1.87 bits per heavy atom. The predicted molar refractivity (Wildman–Crippen MR) is 116 cm³/mol. The first-order valence-corrected chi connectivity index (χ1v) is 10.1. The maximum atomic E-state index is 12.8. The fourth-order valence-electron chi connectivity index (χ4n) is 3.83. The molecule has 1 N–H and O–H groups in total. The first-order valence-electron chi connectivity index (χ1n) is 10.1. The van der Waals surface area contributed by atoms with Gasteiger partial charge in [-0.3, -0.25) is 4.79 Å². The normalized spacial score (nSPS) is 15.4. The molecule has 0 bridgehead atoms. The second kappa shape index (κ2) is 8.53. The number of methoxy groups -OCH3 is 2. The zero-order valence-electron chi connectivity index (χ0n) is 17.4. The van der Waals surface area contributed by atoms with Gasteiger partial charge < -0.3 is 14.8 Å². The molecule has 1 aliphatic carbocycles. The number of carbonyl (C=O) groups excluding carboxylic acids is 1. The largest absolute Gasteiger partial charge is 0.497 e. The van der Waals surface area contributed by atoms with Crippen LogP contribution in [0.25, 0.3) is 0 Å². The maximum absolute atomic E-state index is 12.8. The van der Waals surface area contributed by atoms with E-state index in [1.807, 2.05) is 30.3 Å². The summed E-state index contributed by atoms with van der Waals surface area (Å²) in [4.78, 5) is 21.8. The molecular weight excluding hydrogens is 378 g/mol. The van der Waals surface area contributed by atoms with Crippen molar-refractivity contribution in [3.8, 4) is 11.5 Å². The lowest BCUT2D eigenvalue weighted by Crippen LogP contribution is -2.21. The molecule has 1 atom stereocenters. The van der Waals surface area contributed by atoms with E-state index in [1.165, 1.54) is 5.56 Å². The van der Waals surface area contributed by atoms with Crippen LogP contribution in [0.3, 0.4) is 0 Å². The molecule has 3 aromatic rings. The van der Waals surface area contributed by atoms with Gasteiger partial charge in [0.25, 0.3) is 0 Å². The molecule has 0 saturated heterocycles. The molecule has 0 radical (unpaired) electrons. The van der Waals surface area contributed by atoms with E-state index in [-0.39, 0.29) is 11.7 Å². The van der Waals surface area contributed by atoms with Crippen LogP contribution in [0, 0.1) is 0 Å². The van der Waals surface area contributed by atoms with Gasteiger partial charge in [-0.15, -0.1) is 0 Å². The summed E-state index contributed by atoms with van der Waals surface area (Å²) in [6.07, 6.45) is 3.68. The van der Waals surface area contributed by atoms with E-state index < -0.39 is 0 Å². The number of hydrogen-bond donors (Lipinski definition) is 1. The van der Waals surface area contributed by atoms with E-state index in [0.29, 0.717) is 24.4 Å². The van der Waals surface area contributed by atoms with E-state index in [1.54, 1.807) is 20.4 Å². The molecule has 0 fully saturated rings. The first kappa shape index (κ1) is 19.9. The highest BCUT2D eigenvalue weighted by atomic mass is 16.5. The van der Waals surface area contributed by atoms with Crippen LogP contribution in [-0.2, 0) is 12.8 Å². The van der Waals surface area contributed by atoms with Crippen molar-refractivity contribution in [1.82, 2.24) is 9.97 Å². The number of Topliss-reactive ketones (excluding diaryl/α,β-unsaturated/α-hetero) is 1. The molecule has 1 heterocycles. The molecule has 0 saturated carbocycles. The van der Waals surface area contributed by atoms with Gasteiger partial charge in [0.05, 0.1) is 25.5 Å². The number of aromatic nitrogens is 2. The summed E-state index contributed by atoms with van der Waals surface area (Å²) < 4.78 is 10.8. The lowest BCUT2D eigenvalue weighted by atomic mass is 9.82. The van der Waals surface area contributed by atoms with Gasteiger partial charge in [0.15, 0.2) is 5.78 Å². The average Bonchev–Trinajstić information content (AvgIpc) is 2.78. The van der Waals surface area contributed by atoms with Gasteiger partial charge in [-0.05, 0) is 42.2 Å². The van der Waals surface area contributed by atoms with Crippen LogP contribution < -0.4 is 14.8 Å². The van der Waals surface area contributed by atoms with Gasteiger partial charge in [0, 0.05) is 30.3 Å². The molecule has 30 heavy (non-hydrogen) atoms. The minimum atomic E-state index is -0.00237. The van der Waals surface area contributed by atoms with Crippen molar-refractivity contribution in [3.63, 3.8) is 0 Å². The number of nitrogens with zero attached hydrogens (tertiary/aromatic N) is 2. The standard InChI is InChI=1S/C24H25N3O3/c1-4-15-5-7-17(8-6-15)26-24-25-14-20-21(27-24)11-16(12-22(20)28)19-10-9-18(29-2)13-23(19)30-3/h5-10,13-14,16H,4,11-12H2,1-3H3,(H,25,26,27)/t16-/m0/s1. The Labute approximate surface area is 176 Å². The number of hydrogen-bond acceptors (Lipinski definition) is 6. The number of nitrogens with one attached hydrogen (secondary N) is 1. The molecule has 0 amide bonds. The average molecular weight is 403 g/mol. The van der Waals surface area contributed by atoms with E-state index in [9.17, 15) is 4.79 Å². The van der Waals surface area contributed by atoms with Gasteiger partial charge >= 0.3 is 0 Å². The summed E-state index contributed by atoms with van der Waals surface area (Å²) >= 11 is 0. The summed E-state index contributed by atoms with van der Waals surface area (Å²) in [6, 6.07) is 13.9. The Morgan fingerprint density at radius 1 is 1.07 bits per heavy atom. The summed E-state index contributed by atoms with van der Waals surface area (Å²) in [5, 5.41) is 3.24. The summed E-state index contributed by atoms with van der Waals surface area (Å²) in [5.74, 6) is 1.99. The van der Waals surface area contributed by atoms with Crippen LogP contribution in [0.5, 0.6) is 11.5 Å². The third kappa shape index (κ3) is 3.99. The van der Waals surface area contributed by atoms with Crippen LogP contribution in [-0.4, -0.2) is 30.0 Å². The van der Waals surface area contributed by atoms with Gasteiger partial charge in [-0.25, -0.2) is 9.97 Å². The number of rotatable bonds is 6. The Kier molecular flexibility index (Phi) is 5.65. The van der Waals surface area contributed by atoms with Crippen LogP contribution in [0.15, 0.2) is 48.7 Å². The van der Waals surface area contributed by atoms with Crippen LogP contribution >= 0.6 is 0 Å². The second-order valence-electron chi connectivity index (χ2n) is 7.37. The summed E-state index contributed by atoms with van der Waals surface area (Å²) in [6.45, 7) is 2.13. The van der Waals surface area contributed by atoms with E-state index in [2.05, 4.69) is 34.3 Å². The van der Waals surface area contributed by atoms with Crippen molar-refractivity contribution in [3.05, 3.63) is 71.0 Å². The zero-order valence-corrected chi connectivity index (χ0v) is 17.4. The van der Waals surface area contributed by atoms with Crippen molar-refractivity contribution < 1.29 is 14.3 Å². The lowest BCUT2D eigenvalue weighted by molar-refractivity contribution is 0.0962. The number of ether oxygens (including phenoxy) is 2. The Balaban J connectivity index is 1.60. The van der Waals surface area contributed by atoms with Crippen molar-refractivity contribution >= 4 is 17.4 Å². The Bertz CT molecular complexity index is 1060. The third-order valence-corrected chi connectivity index (χ3v) is 5.54. The number of carbonyl (C=O) groups is 1. The Hall–Kier alpha value is -3.41. The first-order chi connectivity index (χ1) is 14.6. The van der Waals surface area contributed by atoms with Crippen LogP contribution in [0.1, 0.15) is 46.4 Å². The van der Waals surface area contributed by atoms with Crippen LogP contribution in [0.4, 0.5) is 11.6 Å². The molecule has 0 aliphatic heterocycles. The second-order valence-corrected chi connectivity index (χ2v) is 7.37. The van der Waals surface area contributed by atoms with Crippen molar-refractivity contribution in [2.45, 2.75) is 32.1 Å². The molecular formula is C24H25N3O3. The van der Waals surface area contributed by atoms with Gasteiger partial charge in [-0.2, -0.15) is 0 Å². The molecule has 2 aromatic carbocycles. The molecule has 6 nitrogen and oxygen atoms in total. The smallest absolute Gasteiger partial charge is 0.227 e. The van der Waals surface area contributed by atoms with Gasteiger partial charge in [0.2, 0.25) is 5.95 Å². The predicted octanol–water partition coefficient (Wildman–Crippen LogP) is 4.71. The van der Waals surface area contributed by atoms with Crippen LogP contribution in [0.2, 0.25) is 0 Å². The number of aryl methyl sites for hydroxylation is 1. The van der Waals surface area contributed by atoms with Gasteiger partial charge in [-0.1, -0.05) is 25.1 Å². The molecule has 154 valence electrons. The monoisotopic (exact) mass is 403 g/mol. The highest BCUT2D eigenvalue weighted by molar-refractivity contribution is 5.98. The van der Waals surface area contributed by atoms with Crippen molar-refractivity contribution in [2.75, 3.05) is 19.5 Å². The maximum Gasteiger partial charge on any atom is 0.227 e. The molecule has 6 heteroatoms. The third-order valence-electron chi connectivity index (χ3n) is 5.54. The Morgan fingerprint density at radius 3 is 2.57 bits per heavy atom. The van der Waals surface area contributed by atoms with Crippen molar-refractivity contribution in [1.29, 1.82) is 0 Å².